The number of amides is 1. The number of hydrogen-bond donors (Lipinski definition) is 1. The monoisotopic (exact) mass is 291 g/mol. The van der Waals surface area contributed by atoms with Crippen LogP contribution in [0.5, 0.6) is 0 Å². The summed E-state index contributed by atoms with van der Waals surface area (Å²) in [6, 6.07) is 16.9. The van der Waals surface area contributed by atoms with E-state index in [0.29, 0.717) is 5.69 Å². The molecule has 0 saturated carbocycles. The van der Waals surface area contributed by atoms with Crippen molar-refractivity contribution in [2.24, 2.45) is 0 Å². The number of benzene rings is 2. The van der Waals surface area contributed by atoms with Crippen molar-refractivity contribution in [3.8, 4) is 5.69 Å². The Hall–Kier alpha value is -3.28. The maximum Gasteiger partial charge on any atom is 0.248 e. The van der Waals surface area contributed by atoms with Gasteiger partial charge in [0.25, 0.3) is 0 Å². The lowest BCUT2D eigenvalue weighted by atomic mass is 10.2. The first kappa shape index (κ1) is 13.7. The van der Waals surface area contributed by atoms with E-state index >= 15 is 0 Å². The van der Waals surface area contributed by atoms with Gasteiger partial charge in [-0.25, -0.2) is 4.68 Å². The Kier molecular flexibility index (Phi) is 4.01. The van der Waals surface area contributed by atoms with Crippen molar-refractivity contribution in [1.29, 1.82) is 0 Å². The molecule has 1 heterocycles. The van der Waals surface area contributed by atoms with Gasteiger partial charge >= 0.3 is 0 Å². The third-order valence-electron chi connectivity index (χ3n) is 2.95. The molecule has 3 rings (SSSR count). The van der Waals surface area contributed by atoms with Gasteiger partial charge in [0.05, 0.1) is 5.69 Å². The average molecular weight is 291 g/mol. The molecule has 0 spiro atoms. The van der Waals surface area contributed by atoms with E-state index in [1.54, 1.807) is 12.1 Å². The van der Waals surface area contributed by atoms with Gasteiger partial charge in [-0.3, -0.25) is 4.79 Å². The van der Waals surface area contributed by atoms with Crippen LogP contribution in [0.2, 0.25) is 0 Å². The predicted octanol–water partition coefficient (Wildman–Crippen LogP) is 2.31. The van der Waals surface area contributed by atoms with Crippen molar-refractivity contribution in [2.75, 3.05) is 5.32 Å². The maximum atomic E-state index is 11.9. The van der Waals surface area contributed by atoms with Gasteiger partial charge in [0.15, 0.2) is 0 Å². The minimum absolute atomic E-state index is 0.197. The van der Waals surface area contributed by atoms with Crippen LogP contribution in [0.25, 0.3) is 11.8 Å². The predicted molar refractivity (Wildman–Crippen MR) is 83.3 cm³/mol. The molecule has 0 aliphatic heterocycles. The minimum Gasteiger partial charge on any atom is -0.322 e. The van der Waals surface area contributed by atoms with Crippen LogP contribution in [0.15, 0.2) is 67.0 Å². The first-order valence-electron chi connectivity index (χ1n) is 6.69. The Balaban J connectivity index is 1.69. The first-order chi connectivity index (χ1) is 10.8. The summed E-state index contributed by atoms with van der Waals surface area (Å²) >= 11 is 0. The fraction of sp³-hybridized carbons (Fsp3) is 0. The van der Waals surface area contributed by atoms with Crippen molar-refractivity contribution < 1.29 is 4.79 Å². The number of hydrogen-bond acceptors (Lipinski definition) is 4. The Morgan fingerprint density at radius 1 is 1.09 bits per heavy atom. The quantitative estimate of drug-likeness (QED) is 0.749. The molecule has 108 valence electrons. The number of nitrogens with zero attached hydrogens (tertiary/aromatic N) is 4. The molecule has 0 bridgehead atoms. The summed E-state index contributed by atoms with van der Waals surface area (Å²) in [5.41, 5.74) is 2.42. The third-order valence-corrected chi connectivity index (χ3v) is 2.95. The molecule has 3 aromatic rings. The van der Waals surface area contributed by atoms with Crippen molar-refractivity contribution in [3.63, 3.8) is 0 Å². The molecule has 0 aliphatic carbocycles. The van der Waals surface area contributed by atoms with Gasteiger partial charge in [-0.05, 0) is 40.3 Å². The average Bonchev–Trinajstić information content (AvgIpc) is 3.09. The number of aromatic nitrogens is 4. The van der Waals surface area contributed by atoms with Gasteiger partial charge in [-0.1, -0.05) is 36.4 Å². The van der Waals surface area contributed by atoms with Crippen LogP contribution < -0.4 is 5.32 Å². The second-order valence-electron chi connectivity index (χ2n) is 4.54. The normalized spacial score (nSPS) is 10.7. The summed E-state index contributed by atoms with van der Waals surface area (Å²) in [6.45, 7) is 0. The maximum absolute atomic E-state index is 11.9. The number of tetrazole rings is 1. The highest BCUT2D eigenvalue weighted by Crippen LogP contribution is 2.13. The smallest absolute Gasteiger partial charge is 0.248 e. The molecule has 0 fully saturated rings. The highest BCUT2D eigenvalue weighted by molar-refractivity contribution is 6.02. The highest BCUT2D eigenvalue weighted by atomic mass is 16.1. The molecule has 0 radical (unpaired) electrons. The van der Waals surface area contributed by atoms with Gasteiger partial charge < -0.3 is 5.32 Å². The summed E-state index contributed by atoms with van der Waals surface area (Å²) in [5, 5.41) is 13.8. The van der Waals surface area contributed by atoms with E-state index in [0.717, 1.165) is 11.3 Å². The third kappa shape index (κ3) is 3.43. The topological polar surface area (TPSA) is 72.7 Å². The van der Waals surface area contributed by atoms with Crippen molar-refractivity contribution in [2.45, 2.75) is 0 Å². The molecular formula is C16H13N5O. The fourth-order valence-corrected chi connectivity index (χ4v) is 1.93. The number of nitrogens with one attached hydrogen (secondary N) is 1. The lowest BCUT2D eigenvalue weighted by molar-refractivity contribution is -0.111. The Morgan fingerprint density at radius 2 is 1.95 bits per heavy atom. The van der Waals surface area contributed by atoms with Gasteiger partial charge in [-0.2, -0.15) is 0 Å². The second kappa shape index (κ2) is 6.45. The molecule has 1 amide bonds. The van der Waals surface area contributed by atoms with Gasteiger partial charge in [-0.15, -0.1) is 5.10 Å². The minimum atomic E-state index is -0.197. The Labute approximate surface area is 127 Å². The lowest BCUT2D eigenvalue weighted by Crippen LogP contribution is -2.08. The molecule has 6 heteroatoms. The van der Waals surface area contributed by atoms with E-state index in [2.05, 4.69) is 20.8 Å². The zero-order chi connectivity index (χ0) is 15.2. The Bertz CT molecular complexity index is 781. The van der Waals surface area contributed by atoms with Crippen LogP contribution >= 0.6 is 0 Å². The van der Waals surface area contributed by atoms with Gasteiger partial charge in [0, 0.05) is 11.8 Å². The first-order valence-corrected chi connectivity index (χ1v) is 6.69. The van der Waals surface area contributed by atoms with E-state index in [9.17, 15) is 4.79 Å². The summed E-state index contributed by atoms with van der Waals surface area (Å²) in [6.07, 6.45) is 4.76. The molecule has 1 N–H and O–H groups in total. The zero-order valence-corrected chi connectivity index (χ0v) is 11.6. The summed E-state index contributed by atoms with van der Waals surface area (Å²) in [4.78, 5) is 11.9. The molecule has 2 aromatic carbocycles. The Morgan fingerprint density at radius 3 is 2.73 bits per heavy atom. The molecule has 0 aliphatic rings. The van der Waals surface area contributed by atoms with Crippen LogP contribution in [0.3, 0.4) is 0 Å². The number of carbonyl (C=O) groups excluding carboxylic acids is 1. The number of anilines is 1. The van der Waals surface area contributed by atoms with Crippen LogP contribution in [-0.4, -0.2) is 26.1 Å². The van der Waals surface area contributed by atoms with E-state index in [-0.39, 0.29) is 5.91 Å². The lowest BCUT2D eigenvalue weighted by Gasteiger charge is -2.04. The van der Waals surface area contributed by atoms with E-state index < -0.39 is 0 Å². The highest BCUT2D eigenvalue weighted by Gasteiger charge is 2.02. The molecule has 1 aromatic heterocycles. The number of carbonyl (C=O) groups is 1. The molecule has 22 heavy (non-hydrogen) atoms. The van der Waals surface area contributed by atoms with Crippen molar-refractivity contribution in [1.82, 2.24) is 20.2 Å². The van der Waals surface area contributed by atoms with Crippen molar-refractivity contribution in [3.05, 3.63) is 72.6 Å². The molecular weight excluding hydrogens is 278 g/mol. The van der Waals surface area contributed by atoms with Gasteiger partial charge in [0.1, 0.15) is 6.33 Å². The van der Waals surface area contributed by atoms with Crippen LogP contribution in [-0.2, 0) is 4.79 Å². The summed E-state index contributed by atoms with van der Waals surface area (Å²) < 4.78 is 1.52. The van der Waals surface area contributed by atoms with Crippen molar-refractivity contribution >= 4 is 17.7 Å². The molecule has 0 atom stereocenters. The summed E-state index contributed by atoms with van der Waals surface area (Å²) in [5.74, 6) is -0.197. The fourth-order valence-electron chi connectivity index (χ4n) is 1.93. The number of rotatable bonds is 4. The van der Waals surface area contributed by atoms with Gasteiger partial charge in [0.2, 0.25) is 5.91 Å². The largest absolute Gasteiger partial charge is 0.322 e. The summed E-state index contributed by atoms with van der Waals surface area (Å²) in [7, 11) is 0. The van der Waals surface area contributed by atoms with E-state index in [4.69, 9.17) is 0 Å². The standard InChI is InChI=1S/C16H13N5O/c22-16(10-9-13-5-2-1-3-6-13)18-14-7-4-8-15(11-14)21-12-17-19-20-21/h1-12H,(H,18,22). The molecule has 0 unspecified atom stereocenters. The zero-order valence-electron chi connectivity index (χ0n) is 11.6. The van der Waals surface area contributed by atoms with Crippen LogP contribution in [0.1, 0.15) is 5.56 Å². The van der Waals surface area contributed by atoms with Crippen LogP contribution in [0.4, 0.5) is 5.69 Å². The van der Waals surface area contributed by atoms with Crippen LogP contribution in [0, 0.1) is 0 Å². The van der Waals surface area contributed by atoms with E-state index in [1.165, 1.54) is 17.1 Å². The second-order valence-corrected chi connectivity index (χ2v) is 4.54. The molecule has 0 saturated heterocycles. The van der Waals surface area contributed by atoms with E-state index in [1.807, 2.05) is 48.5 Å². The SMILES string of the molecule is O=C(C=Cc1ccccc1)Nc1cccc(-n2cnnn2)c1. The molecule has 6 nitrogen and oxygen atoms in total.